The molecular weight excluding hydrogens is 150 g/mol. The molecule has 1 aliphatic rings. The van der Waals surface area contributed by atoms with Crippen LogP contribution in [-0.4, -0.2) is 4.98 Å². The van der Waals surface area contributed by atoms with Crippen LogP contribution in [-0.2, 0) is 0 Å². The average molecular weight is 161 g/mol. The number of hydrogen-bond donors (Lipinski definition) is 0. The van der Waals surface area contributed by atoms with Gasteiger partial charge in [0.15, 0.2) is 6.39 Å². The Hall–Kier alpha value is -1.31. The van der Waals surface area contributed by atoms with E-state index in [1.807, 2.05) is 0 Å². The van der Waals surface area contributed by atoms with Crippen molar-refractivity contribution in [3.8, 4) is 0 Å². The molecule has 2 nitrogen and oxygen atoms in total. The zero-order chi connectivity index (χ0) is 8.39. The summed E-state index contributed by atoms with van der Waals surface area (Å²) >= 11 is 0. The molecule has 0 radical (unpaired) electrons. The summed E-state index contributed by atoms with van der Waals surface area (Å²) in [6.45, 7) is 2.13. The summed E-state index contributed by atoms with van der Waals surface area (Å²) in [6, 6.07) is 0. The lowest BCUT2D eigenvalue weighted by Gasteiger charge is -2.12. The number of aromatic nitrogens is 1. The minimum absolute atomic E-state index is 0.387. The maximum atomic E-state index is 5.23. The Labute approximate surface area is 71.6 Å². The van der Waals surface area contributed by atoms with Crippen molar-refractivity contribution in [2.75, 3.05) is 0 Å². The summed E-state index contributed by atoms with van der Waals surface area (Å²) in [5, 5.41) is 0. The maximum Gasteiger partial charge on any atom is 0.180 e. The van der Waals surface area contributed by atoms with Gasteiger partial charge in [-0.15, -0.1) is 0 Å². The van der Waals surface area contributed by atoms with E-state index in [4.69, 9.17) is 4.42 Å². The minimum Gasteiger partial charge on any atom is -0.448 e. The molecule has 1 unspecified atom stereocenters. The van der Waals surface area contributed by atoms with Crippen molar-refractivity contribution in [3.05, 3.63) is 42.2 Å². The van der Waals surface area contributed by atoms with Crippen molar-refractivity contribution in [3.63, 3.8) is 0 Å². The first-order valence-electron chi connectivity index (χ1n) is 4.08. The van der Waals surface area contributed by atoms with Crippen LogP contribution in [0.4, 0.5) is 0 Å². The second-order valence-corrected chi connectivity index (χ2v) is 3.11. The summed E-state index contributed by atoms with van der Waals surface area (Å²) < 4.78 is 5.23. The summed E-state index contributed by atoms with van der Waals surface area (Å²) in [6.07, 6.45) is 10.7. The van der Waals surface area contributed by atoms with Gasteiger partial charge in [0.05, 0.1) is 6.20 Å². The van der Waals surface area contributed by atoms with Crippen LogP contribution in [0.5, 0.6) is 0 Å². The molecule has 0 amide bonds. The Balaban J connectivity index is 2.19. The highest BCUT2D eigenvalue weighted by Crippen LogP contribution is 2.27. The Morgan fingerprint density at radius 1 is 1.58 bits per heavy atom. The quantitative estimate of drug-likeness (QED) is 0.632. The monoisotopic (exact) mass is 161 g/mol. The third-order valence-corrected chi connectivity index (χ3v) is 2.08. The van der Waals surface area contributed by atoms with Crippen LogP contribution in [0.15, 0.2) is 40.8 Å². The molecule has 2 rings (SSSR count). The summed E-state index contributed by atoms with van der Waals surface area (Å²) in [5.74, 6) is 1.34. The van der Waals surface area contributed by atoms with E-state index in [1.54, 1.807) is 6.20 Å². The van der Waals surface area contributed by atoms with Crippen LogP contribution >= 0.6 is 0 Å². The van der Waals surface area contributed by atoms with Crippen molar-refractivity contribution in [1.29, 1.82) is 0 Å². The number of rotatable bonds is 1. The molecule has 0 aromatic carbocycles. The molecule has 1 aromatic heterocycles. The standard InChI is InChI=1S/C10H11NO/c1-8-3-2-4-9(5-8)10-6-11-7-12-10/h2-4,6-7,9H,5H2,1H3. The predicted octanol–water partition coefficient (Wildman–Crippen LogP) is 2.66. The molecule has 2 heteroatoms. The first-order valence-corrected chi connectivity index (χ1v) is 4.08. The summed E-state index contributed by atoms with van der Waals surface area (Å²) in [7, 11) is 0. The van der Waals surface area contributed by atoms with Gasteiger partial charge in [-0.05, 0) is 13.3 Å². The van der Waals surface area contributed by atoms with E-state index < -0.39 is 0 Å². The molecule has 12 heavy (non-hydrogen) atoms. The smallest absolute Gasteiger partial charge is 0.180 e. The Morgan fingerprint density at radius 2 is 2.50 bits per heavy atom. The minimum atomic E-state index is 0.387. The van der Waals surface area contributed by atoms with Gasteiger partial charge in [0.2, 0.25) is 0 Å². The number of nitrogens with zero attached hydrogens (tertiary/aromatic N) is 1. The highest BCUT2D eigenvalue weighted by molar-refractivity contribution is 5.24. The molecule has 0 aliphatic heterocycles. The van der Waals surface area contributed by atoms with Crippen molar-refractivity contribution in [2.45, 2.75) is 19.3 Å². The molecule has 0 spiro atoms. The lowest BCUT2D eigenvalue weighted by molar-refractivity contribution is 0.482. The Kier molecular flexibility index (Phi) is 1.82. The van der Waals surface area contributed by atoms with E-state index in [1.165, 1.54) is 12.0 Å². The number of allylic oxidation sites excluding steroid dienone is 4. The van der Waals surface area contributed by atoms with Crippen LogP contribution in [0.1, 0.15) is 25.0 Å². The van der Waals surface area contributed by atoms with Crippen LogP contribution < -0.4 is 0 Å². The normalized spacial score (nSPS) is 22.4. The van der Waals surface area contributed by atoms with Gasteiger partial charge in [0.1, 0.15) is 5.76 Å². The molecule has 0 saturated heterocycles. The first-order chi connectivity index (χ1) is 5.86. The third-order valence-electron chi connectivity index (χ3n) is 2.08. The van der Waals surface area contributed by atoms with E-state index in [-0.39, 0.29) is 0 Å². The van der Waals surface area contributed by atoms with Crippen molar-refractivity contribution in [2.24, 2.45) is 0 Å². The molecule has 0 saturated carbocycles. The first kappa shape index (κ1) is 7.35. The Morgan fingerprint density at radius 3 is 3.17 bits per heavy atom. The van der Waals surface area contributed by atoms with Crippen molar-refractivity contribution < 1.29 is 4.42 Å². The molecule has 1 heterocycles. The topological polar surface area (TPSA) is 26.0 Å². The van der Waals surface area contributed by atoms with Gasteiger partial charge in [-0.1, -0.05) is 23.8 Å². The second kappa shape index (κ2) is 2.97. The van der Waals surface area contributed by atoms with Crippen molar-refractivity contribution in [1.82, 2.24) is 4.98 Å². The highest BCUT2D eigenvalue weighted by Gasteiger charge is 2.13. The number of oxazole rings is 1. The van der Waals surface area contributed by atoms with Crippen LogP contribution in [0.3, 0.4) is 0 Å². The average Bonchev–Trinajstić information content (AvgIpc) is 2.56. The predicted molar refractivity (Wildman–Crippen MR) is 46.8 cm³/mol. The van der Waals surface area contributed by atoms with E-state index in [0.29, 0.717) is 5.92 Å². The number of hydrogen-bond acceptors (Lipinski definition) is 2. The molecule has 1 atom stereocenters. The fourth-order valence-corrected chi connectivity index (χ4v) is 1.44. The van der Waals surface area contributed by atoms with Gasteiger partial charge in [-0.25, -0.2) is 4.98 Å². The van der Waals surface area contributed by atoms with Gasteiger partial charge >= 0.3 is 0 Å². The Bertz CT molecular complexity index is 309. The zero-order valence-corrected chi connectivity index (χ0v) is 7.03. The molecule has 62 valence electrons. The van der Waals surface area contributed by atoms with Gasteiger partial charge in [-0.3, -0.25) is 0 Å². The van der Waals surface area contributed by atoms with E-state index in [9.17, 15) is 0 Å². The van der Waals surface area contributed by atoms with E-state index >= 15 is 0 Å². The van der Waals surface area contributed by atoms with E-state index in [0.717, 1.165) is 12.2 Å². The SMILES string of the molecule is CC1=CC=CC(c2cnco2)C1. The maximum absolute atomic E-state index is 5.23. The fourth-order valence-electron chi connectivity index (χ4n) is 1.44. The molecule has 1 aliphatic carbocycles. The summed E-state index contributed by atoms with van der Waals surface area (Å²) in [5.41, 5.74) is 1.39. The zero-order valence-electron chi connectivity index (χ0n) is 7.03. The molecule has 1 aromatic rings. The lowest BCUT2D eigenvalue weighted by atomic mass is 9.94. The molecular formula is C10H11NO. The molecule has 0 bridgehead atoms. The molecule has 0 N–H and O–H groups in total. The molecule has 0 fully saturated rings. The van der Waals surface area contributed by atoms with Crippen LogP contribution in [0.25, 0.3) is 0 Å². The second-order valence-electron chi connectivity index (χ2n) is 3.11. The van der Waals surface area contributed by atoms with Gasteiger partial charge in [-0.2, -0.15) is 0 Å². The largest absolute Gasteiger partial charge is 0.448 e. The van der Waals surface area contributed by atoms with Gasteiger partial charge in [0, 0.05) is 5.92 Å². The van der Waals surface area contributed by atoms with Gasteiger partial charge < -0.3 is 4.42 Å². The fraction of sp³-hybridized carbons (Fsp3) is 0.300. The van der Waals surface area contributed by atoms with E-state index in [2.05, 4.69) is 30.1 Å². The third kappa shape index (κ3) is 1.33. The summed E-state index contributed by atoms with van der Waals surface area (Å²) in [4.78, 5) is 3.90. The van der Waals surface area contributed by atoms with Crippen molar-refractivity contribution >= 4 is 0 Å². The lowest BCUT2D eigenvalue weighted by Crippen LogP contribution is -1.97. The highest BCUT2D eigenvalue weighted by atomic mass is 16.3. The van der Waals surface area contributed by atoms with Crippen LogP contribution in [0.2, 0.25) is 0 Å². The van der Waals surface area contributed by atoms with Gasteiger partial charge in [0.25, 0.3) is 0 Å². The van der Waals surface area contributed by atoms with Crippen LogP contribution in [0, 0.1) is 0 Å².